The monoisotopic (exact) mass is 298 g/mol. The SMILES string of the molecule is [O-][n+]1c(C2CC2)nc(Oc2ccc(O)cc2)c2c1CCCC2. The molecule has 5 nitrogen and oxygen atoms in total. The number of benzene rings is 1. The first-order valence-corrected chi connectivity index (χ1v) is 7.84. The second-order valence-corrected chi connectivity index (χ2v) is 6.07. The highest BCUT2D eigenvalue weighted by Gasteiger charge is 2.37. The van der Waals surface area contributed by atoms with E-state index in [9.17, 15) is 10.3 Å². The Balaban J connectivity index is 1.76. The zero-order valence-electron chi connectivity index (χ0n) is 12.3. The van der Waals surface area contributed by atoms with Crippen LogP contribution < -0.4 is 9.47 Å². The molecule has 1 N–H and O–H groups in total. The first-order valence-electron chi connectivity index (χ1n) is 7.84. The van der Waals surface area contributed by atoms with E-state index in [4.69, 9.17) is 4.74 Å². The Hall–Kier alpha value is -2.30. The molecule has 0 aliphatic heterocycles. The summed E-state index contributed by atoms with van der Waals surface area (Å²) in [5.74, 6) is 2.28. The Kier molecular flexibility index (Phi) is 3.13. The molecule has 1 aromatic carbocycles. The van der Waals surface area contributed by atoms with Crippen LogP contribution in [0.4, 0.5) is 0 Å². The predicted molar refractivity (Wildman–Crippen MR) is 80.0 cm³/mol. The van der Waals surface area contributed by atoms with Crippen LogP contribution in [0.5, 0.6) is 17.4 Å². The van der Waals surface area contributed by atoms with Gasteiger partial charge in [-0.2, -0.15) is 0 Å². The number of rotatable bonds is 3. The molecule has 2 aliphatic carbocycles. The van der Waals surface area contributed by atoms with Crippen LogP contribution in [0, 0.1) is 5.21 Å². The third kappa shape index (κ3) is 2.36. The summed E-state index contributed by atoms with van der Waals surface area (Å²) < 4.78 is 6.98. The summed E-state index contributed by atoms with van der Waals surface area (Å²) in [4.78, 5) is 4.53. The zero-order chi connectivity index (χ0) is 15.1. The van der Waals surface area contributed by atoms with Crippen molar-refractivity contribution < 1.29 is 14.6 Å². The Labute approximate surface area is 128 Å². The van der Waals surface area contributed by atoms with Crippen molar-refractivity contribution in [2.75, 3.05) is 0 Å². The Morgan fingerprint density at radius 1 is 1.14 bits per heavy atom. The van der Waals surface area contributed by atoms with E-state index in [0.717, 1.165) is 54.5 Å². The van der Waals surface area contributed by atoms with Crippen molar-refractivity contribution in [3.63, 3.8) is 0 Å². The minimum Gasteiger partial charge on any atom is -0.711 e. The van der Waals surface area contributed by atoms with Crippen molar-refractivity contribution >= 4 is 0 Å². The van der Waals surface area contributed by atoms with Crippen molar-refractivity contribution in [1.82, 2.24) is 4.98 Å². The summed E-state index contributed by atoms with van der Waals surface area (Å²) in [6.45, 7) is 0. The lowest BCUT2D eigenvalue weighted by Gasteiger charge is -2.20. The van der Waals surface area contributed by atoms with E-state index in [2.05, 4.69) is 4.98 Å². The maximum atomic E-state index is 12.5. The topological polar surface area (TPSA) is 69.3 Å². The fourth-order valence-electron chi connectivity index (χ4n) is 3.01. The first kappa shape index (κ1) is 13.4. The van der Waals surface area contributed by atoms with Gasteiger partial charge in [0.25, 0.3) is 0 Å². The van der Waals surface area contributed by atoms with E-state index >= 15 is 0 Å². The molecule has 0 spiro atoms. The number of aromatic hydroxyl groups is 1. The summed E-state index contributed by atoms with van der Waals surface area (Å²) >= 11 is 0. The number of aromatic nitrogens is 2. The molecule has 2 aliphatic rings. The van der Waals surface area contributed by atoms with Gasteiger partial charge >= 0.3 is 11.7 Å². The average Bonchev–Trinajstić information content (AvgIpc) is 3.37. The molecule has 22 heavy (non-hydrogen) atoms. The molecule has 0 atom stereocenters. The van der Waals surface area contributed by atoms with Gasteiger partial charge in [-0.15, -0.1) is 0 Å². The molecule has 1 fully saturated rings. The highest BCUT2D eigenvalue weighted by Crippen LogP contribution is 2.40. The fourth-order valence-corrected chi connectivity index (χ4v) is 3.01. The van der Waals surface area contributed by atoms with Gasteiger partial charge in [-0.1, -0.05) is 0 Å². The zero-order valence-corrected chi connectivity index (χ0v) is 12.3. The highest BCUT2D eigenvalue weighted by atomic mass is 16.5. The standard InChI is InChI=1S/C17H18N2O3/c20-12-7-9-13(10-8-12)22-17-14-3-1-2-4-15(14)19(21)16(18-17)11-5-6-11/h7-11,20H,1-6H2. The second-order valence-electron chi connectivity index (χ2n) is 6.07. The van der Waals surface area contributed by atoms with Crippen molar-refractivity contribution in [1.29, 1.82) is 0 Å². The number of phenols is 1. The van der Waals surface area contributed by atoms with Crippen LogP contribution in [0.3, 0.4) is 0 Å². The van der Waals surface area contributed by atoms with Crippen LogP contribution in [0.2, 0.25) is 0 Å². The molecule has 5 heteroatoms. The van der Waals surface area contributed by atoms with Crippen LogP contribution in [-0.2, 0) is 12.8 Å². The van der Waals surface area contributed by atoms with E-state index in [-0.39, 0.29) is 11.7 Å². The van der Waals surface area contributed by atoms with Crippen LogP contribution in [0.1, 0.15) is 48.7 Å². The molecule has 0 unspecified atom stereocenters. The van der Waals surface area contributed by atoms with Crippen LogP contribution in [-0.4, -0.2) is 10.1 Å². The number of fused-ring (bicyclic) bond motifs is 1. The van der Waals surface area contributed by atoms with Crippen molar-refractivity contribution in [3.8, 4) is 17.4 Å². The predicted octanol–water partition coefficient (Wildman–Crippen LogP) is 2.97. The van der Waals surface area contributed by atoms with Crippen molar-refractivity contribution in [3.05, 3.63) is 46.6 Å². The summed E-state index contributed by atoms with van der Waals surface area (Å²) in [6.07, 6.45) is 5.81. The highest BCUT2D eigenvalue weighted by molar-refractivity contribution is 5.37. The van der Waals surface area contributed by atoms with Gasteiger partial charge in [0.15, 0.2) is 0 Å². The quantitative estimate of drug-likeness (QED) is 0.698. The Bertz CT molecular complexity index is 709. The molecule has 1 saturated carbocycles. The third-order valence-corrected chi connectivity index (χ3v) is 4.36. The van der Waals surface area contributed by atoms with Crippen molar-refractivity contribution in [2.24, 2.45) is 0 Å². The third-order valence-electron chi connectivity index (χ3n) is 4.36. The number of ether oxygens (including phenoxy) is 1. The van der Waals surface area contributed by atoms with E-state index < -0.39 is 0 Å². The Morgan fingerprint density at radius 3 is 2.59 bits per heavy atom. The van der Waals surface area contributed by atoms with E-state index in [1.807, 2.05) is 0 Å². The maximum Gasteiger partial charge on any atom is 0.340 e. The van der Waals surface area contributed by atoms with Gasteiger partial charge in [-0.05, 0) is 61.4 Å². The molecule has 0 bridgehead atoms. The molecule has 1 heterocycles. The van der Waals surface area contributed by atoms with Gasteiger partial charge in [0.2, 0.25) is 0 Å². The van der Waals surface area contributed by atoms with Crippen LogP contribution >= 0.6 is 0 Å². The molecule has 2 aromatic rings. The minimum absolute atomic E-state index is 0.200. The van der Waals surface area contributed by atoms with Crippen molar-refractivity contribution in [2.45, 2.75) is 44.4 Å². The van der Waals surface area contributed by atoms with Gasteiger partial charge in [0, 0.05) is 6.42 Å². The van der Waals surface area contributed by atoms with Gasteiger partial charge in [0.05, 0.1) is 11.5 Å². The molecule has 0 radical (unpaired) electrons. The Morgan fingerprint density at radius 2 is 1.86 bits per heavy atom. The van der Waals surface area contributed by atoms with Gasteiger partial charge in [0.1, 0.15) is 17.2 Å². The van der Waals surface area contributed by atoms with Gasteiger partial charge < -0.3 is 15.1 Å². The molecular formula is C17H18N2O3. The fraction of sp³-hybridized carbons (Fsp3) is 0.412. The van der Waals surface area contributed by atoms with E-state index in [1.165, 1.54) is 0 Å². The van der Waals surface area contributed by atoms with Gasteiger partial charge in [-0.25, -0.2) is 4.73 Å². The summed E-state index contributed by atoms with van der Waals surface area (Å²) in [5.41, 5.74) is 1.77. The number of phenolic OH excluding ortho intramolecular Hbond substituents is 1. The smallest absolute Gasteiger partial charge is 0.340 e. The van der Waals surface area contributed by atoms with Crippen LogP contribution in [0.25, 0.3) is 0 Å². The number of nitrogens with zero attached hydrogens (tertiary/aromatic N) is 2. The number of hydrogen-bond acceptors (Lipinski definition) is 4. The lowest BCUT2D eigenvalue weighted by atomic mass is 9.96. The summed E-state index contributed by atoms with van der Waals surface area (Å²) in [7, 11) is 0. The summed E-state index contributed by atoms with van der Waals surface area (Å²) in [5, 5.41) is 21.9. The largest absolute Gasteiger partial charge is 0.711 e. The lowest BCUT2D eigenvalue weighted by Crippen LogP contribution is -2.40. The normalized spacial score (nSPS) is 17.1. The molecular weight excluding hydrogens is 280 g/mol. The second kappa shape index (κ2) is 5.16. The van der Waals surface area contributed by atoms with Gasteiger partial charge in [-0.3, -0.25) is 0 Å². The summed E-state index contributed by atoms with van der Waals surface area (Å²) in [6, 6.07) is 6.59. The number of hydrogen-bond donors (Lipinski definition) is 1. The first-order chi connectivity index (χ1) is 10.7. The van der Waals surface area contributed by atoms with Crippen LogP contribution in [0.15, 0.2) is 24.3 Å². The minimum atomic E-state index is 0.200. The molecule has 0 amide bonds. The lowest BCUT2D eigenvalue weighted by molar-refractivity contribution is -0.627. The molecule has 0 saturated heterocycles. The van der Waals surface area contributed by atoms with E-state index in [0.29, 0.717) is 17.5 Å². The molecule has 114 valence electrons. The average molecular weight is 298 g/mol. The molecule has 1 aromatic heterocycles. The molecule has 4 rings (SSSR count). The van der Waals surface area contributed by atoms with E-state index in [1.54, 1.807) is 24.3 Å². The maximum absolute atomic E-state index is 12.5.